The molecular weight excluding hydrogens is 304 g/mol. The van der Waals surface area contributed by atoms with Gasteiger partial charge in [0.05, 0.1) is 19.3 Å². The van der Waals surface area contributed by atoms with Gasteiger partial charge in [0.25, 0.3) is 5.91 Å². The number of fused-ring (bicyclic) bond motifs is 1. The zero-order valence-electron chi connectivity index (χ0n) is 14.0. The number of methoxy groups -OCH3 is 1. The van der Waals surface area contributed by atoms with Crippen molar-refractivity contribution in [1.29, 1.82) is 0 Å². The largest absolute Gasteiger partial charge is 0.497 e. The van der Waals surface area contributed by atoms with Gasteiger partial charge in [0.2, 0.25) is 0 Å². The predicted molar refractivity (Wildman–Crippen MR) is 91.2 cm³/mol. The summed E-state index contributed by atoms with van der Waals surface area (Å²) in [4.78, 5) is 17.0. The van der Waals surface area contributed by atoms with Crippen LogP contribution in [0.25, 0.3) is 5.65 Å². The van der Waals surface area contributed by atoms with Crippen LogP contribution >= 0.6 is 0 Å². The van der Waals surface area contributed by atoms with Crippen molar-refractivity contribution in [2.45, 2.75) is 26.3 Å². The Bertz CT molecular complexity index is 855. The molecule has 0 spiro atoms. The van der Waals surface area contributed by atoms with Crippen LogP contribution in [-0.4, -0.2) is 27.6 Å². The van der Waals surface area contributed by atoms with E-state index in [1.807, 2.05) is 44.3 Å². The first-order valence-electron chi connectivity index (χ1n) is 7.87. The second kappa shape index (κ2) is 6.70. The summed E-state index contributed by atoms with van der Waals surface area (Å²) in [7, 11) is 1.63. The summed E-state index contributed by atoms with van der Waals surface area (Å²) < 4.78 is 6.80. The molecule has 0 saturated carbocycles. The standard InChI is InChI=1S/C18H20N4O2/c1-4-16(13-5-7-14(24-3)8-6-13)21-18(23)15-10-20-22-11-12(2)9-19-17(15)22/h5-11,16H,4H2,1-3H3,(H,21,23)/t16-/m0/s1. The number of benzene rings is 1. The zero-order valence-corrected chi connectivity index (χ0v) is 14.0. The van der Waals surface area contributed by atoms with Gasteiger partial charge in [-0.05, 0) is 36.6 Å². The van der Waals surface area contributed by atoms with Gasteiger partial charge in [0.15, 0.2) is 5.65 Å². The molecule has 0 bridgehead atoms. The van der Waals surface area contributed by atoms with Crippen LogP contribution in [0.5, 0.6) is 5.75 Å². The highest BCUT2D eigenvalue weighted by atomic mass is 16.5. The lowest BCUT2D eigenvalue weighted by molar-refractivity contribution is 0.0937. The van der Waals surface area contributed by atoms with Crippen molar-refractivity contribution < 1.29 is 9.53 Å². The summed E-state index contributed by atoms with van der Waals surface area (Å²) in [6.45, 7) is 3.97. The number of carbonyl (C=O) groups is 1. The third kappa shape index (κ3) is 3.08. The maximum absolute atomic E-state index is 12.6. The lowest BCUT2D eigenvalue weighted by Crippen LogP contribution is -2.28. The van der Waals surface area contributed by atoms with Crippen LogP contribution in [0.15, 0.2) is 42.9 Å². The fraction of sp³-hybridized carbons (Fsp3) is 0.278. The number of amides is 1. The van der Waals surface area contributed by atoms with E-state index in [4.69, 9.17) is 4.74 Å². The summed E-state index contributed by atoms with van der Waals surface area (Å²) in [5.41, 5.74) is 3.05. The number of carbonyl (C=O) groups excluding carboxylic acids is 1. The Hall–Kier alpha value is -2.89. The summed E-state index contributed by atoms with van der Waals surface area (Å²) in [6, 6.07) is 7.63. The smallest absolute Gasteiger partial charge is 0.257 e. The molecule has 3 aromatic rings. The van der Waals surface area contributed by atoms with Crippen LogP contribution in [0, 0.1) is 6.92 Å². The lowest BCUT2D eigenvalue weighted by Gasteiger charge is -2.17. The molecule has 6 heteroatoms. The number of rotatable bonds is 5. The van der Waals surface area contributed by atoms with E-state index >= 15 is 0 Å². The molecule has 0 radical (unpaired) electrons. The Morgan fingerprint density at radius 1 is 1.29 bits per heavy atom. The van der Waals surface area contributed by atoms with Gasteiger partial charge in [-0.1, -0.05) is 19.1 Å². The van der Waals surface area contributed by atoms with Crippen LogP contribution in [0.4, 0.5) is 0 Å². The molecule has 2 heterocycles. The van der Waals surface area contributed by atoms with Gasteiger partial charge >= 0.3 is 0 Å². The number of hydrogen-bond donors (Lipinski definition) is 1. The third-order valence-electron chi connectivity index (χ3n) is 3.96. The van der Waals surface area contributed by atoms with E-state index in [9.17, 15) is 4.79 Å². The number of hydrogen-bond acceptors (Lipinski definition) is 4. The average molecular weight is 324 g/mol. The number of aromatic nitrogens is 3. The van der Waals surface area contributed by atoms with E-state index in [0.717, 1.165) is 23.3 Å². The van der Waals surface area contributed by atoms with Crippen LogP contribution in [0.2, 0.25) is 0 Å². The molecular formula is C18H20N4O2. The summed E-state index contributed by atoms with van der Waals surface area (Å²) in [5, 5.41) is 7.26. The molecule has 1 amide bonds. The van der Waals surface area contributed by atoms with E-state index in [1.165, 1.54) is 0 Å². The van der Waals surface area contributed by atoms with Crippen LogP contribution in [-0.2, 0) is 0 Å². The van der Waals surface area contributed by atoms with Gasteiger partial charge < -0.3 is 10.1 Å². The minimum Gasteiger partial charge on any atom is -0.497 e. The lowest BCUT2D eigenvalue weighted by atomic mass is 10.0. The number of nitrogens with one attached hydrogen (secondary N) is 1. The molecule has 0 aliphatic carbocycles. The fourth-order valence-electron chi connectivity index (χ4n) is 2.62. The normalized spacial score (nSPS) is 12.1. The van der Waals surface area contributed by atoms with E-state index < -0.39 is 0 Å². The highest BCUT2D eigenvalue weighted by molar-refractivity contribution is 5.99. The van der Waals surface area contributed by atoms with E-state index in [2.05, 4.69) is 15.4 Å². The monoisotopic (exact) mass is 324 g/mol. The zero-order chi connectivity index (χ0) is 17.1. The third-order valence-corrected chi connectivity index (χ3v) is 3.96. The van der Waals surface area contributed by atoms with Crippen molar-refractivity contribution in [1.82, 2.24) is 19.9 Å². The Morgan fingerprint density at radius 2 is 2.04 bits per heavy atom. The Balaban J connectivity index is 1.82. The van der Waals surface area contributed by atoms with Crippen LogP contribution < -0.4 is 10.1 Å². The SMILES string of the molecule is CC[C@H](NC(=O)c1cnn2cc(C)cnc12)c1ccc(OC)cc1. The number of aryl methyl sites for hydroxylation is 1. The second-order valence-corrected chi connectivity index (χ2v) is 5.67. The van der Waals surface area contributed by atoms with Crippen LogP contribution in [0.1, 0.15) is 40.9 Å². The molecule has 24 heavy (non-hydrogen) atoms. The highest BCUT2D eigenvalue weighted by Crippen LogP contribution is 2.21. The van der Waals surface area contributed by atoms with Gasteiger partial charge in [0, 0.05) is 12.4 Å². The van der Waals surface area contributed by atoms with E-state index in [-0.39, 0.29) is 11.9 Å². The molecule has 0 unspecified atom stereocenters. The van der Waals surface area contributed by atoms with Gasteiger partial charge in [-0.15, -0.1) is 0 Å². The molecule has 2 aromatic heterocycles. The maximum Gasteiger partial charge on any atom is 0.257 e. The van der Waals surface area contributed by atoms with Gasteiger partial charge in [-0.25, -0.2) is 9.50 Å². The average Bonchev–Trinajstić information content (AvgIpc) is 3.02. The summed E-state index contributed by atoms with van der Waals surface area (Å²) in [5.74, 6) is 0.617. The van der Waals surface area contributed by atoms with E-state index in [1.54, 1.807) is 24.0 Å². The molecule has 1 aromatic carbocycles. The molecule has 3 rings (SSSR count). The van der Waals surface area contributed by atoms with Crippen LogP contribution in [0.3, 0.4) is 0 Å². The topological polar surface area (TPSA) is 68.5 Å². The number of nitrogens with zero attached hydrogens (tertiary/aromatic N) is 3. The van der Waals surface area contributed by atoms with Crippen molar-refractivity contribution in [3.8, 4) is 5.75 Å². The van der Waals surface area contributed by atoms with Crippen molar-refractivity contribution in [3.05, 3.63) is 59.5 Å². The summed E-state index contributed by atoms with van der Waals surface area (Å²) >= 11 is 0. The van der Waals surface area contributed by atoms with Crippen molar-refractivity contribution in [2.75, 3.05) is 7.11 Å². The first-order chi connectivity index (χ1) is 11.6. The predicted octanol–water partition coefficient (Wildman–Crippen LogP) is 2.93. The fourth-order valence-corrected chi connectivity index (χ4v) is 2.62. The Kier molecular flexibility index (Phi) is 4.46. The molecule has 0 saturated heterocycles. The number of ether oxygens (including phenoxy) is 1. The van der Waals surface area contributed by atoms with E-state index in [0.29, 0.717) is 11.2 Å². The van der Waals surface area contributed by atoms with Gasteiger partial charge in [-0.3, -0.25) is 4.79 Å². The molecule has 1 atom stereocenters. The maximum atomic E-state index is 12.6. The molecule has 1 N–H and O–H groups in total. The summed E-state index contributed by atoms with van der Waals surface area (Å²) in [6.07, 6.45) is 5.91. The molecule has 6 nitrogen and oxygen atoms in total. The molecule has 0 fully saturated rings. The Morgan fingerprint density at radius 3 is 2.71 bits per heavy atom. The molecule has 124 valence electrons. The van der Waals surface area contributed by atoms with Crippen molar-refractivity contribution in [3.63, 3.8) is 0 Å². The first kappa shape index (κ1) is 16.0. The quantitative estimate of drug-likeness (QED) is 0.783. The minimum atomic E-state index is -0.177. The van der Waals surface area contributed by atoms with Gasteiger partial charge in [0.1, 0.15) is 11.3 Å². The molecule has 0 aliphatic rings. The minimum absolute atomic E-state index is 0.0798. The Labute approximate surface area is 140 Å². The first-order valence-corrected chi connectivity index (χ1v) is 7.87. The van der Waals surface area contributed by atoms with Crippen molar-refractivity contribution in [2.24, 2.45) is 0 Å². The highest BCUT2D eigenvalue weighted by Gasteiger charge is 2.18. The molecule has 0 aliphatic heterocycles. The van der Waals surface area contributed by atoms with Crippen molar-refractivity contribution >= 4 is 11.6 Å². The second-order valence-electron chi connectivity index (χ2n) is 5.67. The van der Waals surface area contributed by atoms with Gasteiger partial charge in [-0.2, -0.15) is 5.10 Å².